The van der Waals surface area contributed by atoms with Crippen LogP contribution >= 0.6 is 0 Å². The molecule has 1 saturated heterocycles. The third-order valence-electron chi connectivity index (χ3n) is 6.71. The van der Waals surface area contributed by atoms with Crippen LogP contribution in [0.3, 0.4) is 0 Å². The first-order valence-electron chi connectivity index (χ1n) is 10.9. The van der Waals surface area contributed by atoms with E-state index >= 15 is 0 Å². The Labute approximate surface area is 175 Å². The predicted octanol–water partition coefficient (Wildman–Crippen LogP) is 5.71. The van der Waals surface area contributed by atoms with Gasteiger partial charge in [0.05, 0.1) is 6.54 Å². The summed E-state index contributed by atoms with van der Waals surface area (Å²) in [7, 11) is 0. The van der Waals surface area contributed by atoms with Crippen LogP contribution in [0.4, 0.5) is 0 Å². The predicted molar refractivity (Wildman–Crippen MR) is 119 cm³/mol. The molecule has 29 heavy (non-hydrogen) atoms. The molecular weight excluding hydrogens is 358 g/mol. The van der Waals surface area contributed by atoms with E-state index < -0.39 is 0 Å². The Hall–Kier alpha value is -2.16. The average molecular weight is 394 g/mol. The van der Waals surface area contributed by atoms with E-state index in [1.54, 1.807) is 11.0 Å². The second-order valence-corrected chi connectivity index (χ2v) is 9.82. The van der Waals surface area contributed by atoms with Crippen molar-refractivity contribution in [1.82, 2.24) is 4.90 Å². The topological polar surface area (TPSA) is 37.4 Å². The molecule has 0 radical (unpaired) electrons. The van der Waals surface area contributed by atoms with Gasteiger partial charge in [-0.3, -0.25) is 9.59 Å². The Morgan fingerprint density at radius 3 is 2.41 bits per heavy atom. The zero-order valence-corrected chi connectivity index (χ0v) is 18.7. The van der Waals surface area contributed by atoms with Gasteiger partial charge in [-0.2, -0.15) is 0 Å². The van der Waals surface area contributed by atoms with Gasteiger partial charge in [-0.15, -0.1) is 0 Å². The zero-order valence-electron chi connectivity index (χ0n) is 18.7. The molecule has 3 nitrogen and oxygen atoms in total. The lowest BCUT2D eigenvalue weighted by Gasteiger charge is -2.32. The summed E-state index contributed by atoms with van der Waals surface area (Å²) >= 11 is 0. The van der Waals surface area contributed by atoms with Crippen molar-refractivity contribution in [2.75, 3.05) is 13.1 Å². The summed E-state index contributed by atoms with van der Waals surface area (Å²) in [5.74, 6) is 0.191. The van der Waals surface area contributed by atoms with Gasteiger partial charge < -0.3 is 4.90 Å². The molecule has 2 fully saturated rings. The Morgan fingerprint density at radius 1 is 1.07 bits per heavy atom. The minimum Gasteiger partial charge on any atom is -0.331 e. The van der Waals surface area contributed by atoms with Crippen LogP contribution in [-0.2, 0) is 9.59 Å². The molecule has 1 amide bonds. The first-order chi connectivity index (χ1) is 13.6. The molecule has 1 aliphatic heterocycles. The monoisotopic (exact) mass is 393 g/mol. The van der Waals surface area contributed by atoms with Gasteiger partial charge in [0.25, 0.3) is 0 Å². The second kappa shape index (κ2) is 8.30. The Kier molecular flexibility index (Phi) is 6.16. The number of hydrogen-bond acceptors (Lipinski definition) is 2. The molecule has 0 bridgehead atoms. The maximum Gasteiger partial charge on any atom is 0.247 e. The van der Waals surface area contributed by atoms with Gasteiger partial charge in [-0.1, -0.05) is 55.4 Å². The number of hydrogen-bond donors (Lipinski definition) is 0. The lowest BCUT2D eigenvalue weighted by molar-refractivity contribution is -0.127. The molecule has 1 saturated carbocycles. The molecule has 3 heteroatoms. The van der Waals surface area contributed by atoms with Crippen LogP contribution < -0.4 is 0 Å². The largest absolute Gasteiger partial charge is 0.331 e. The van der Waals surface area contributed by atoms with Crippen molar-refractivity contribution in [2.24, 2.45) is 10.8 Å². The highest BCUT2D eigenvalue weighted by molar-refractivity contribution is 5.98. The first kappa shape index (κ1) is 21.5. The Bertz CT molecular complexity index is 844. The SMILES string of the molecule is CC1=C(/C=C/C(C)=C\C=C\C(C)=C\C(=O)N2CC(=O)C3(CC3)C2)C(C)(C)CCC1. The molecule has 2 aliphatic carbocycles. The molecule has 1 heterocycles. The Balaban J connectivity index is 1.57. The van der Waals surface area contributed by atoms with Crippen LogP contribution in [0.15, 0.2) is 58.7 Å². The maximum absolute atomic E-state index is 12.4. The second-order valence-electron chi connectivity index (χ2n) is 9.82. The summed E-state index contributed by atoms with van der Waals surface area (Å²) in [4.78, 5) is 26.1. The summed E-state index contributed by atoms with van der Waals surface area (Å²) in [6.07, 6.45) is 17.7. The molecule has 3 aliphatic rings. The molecule has 0 N–H and O–H groups in total. The third kappa shape index (κ3) is 5.07. The molecule has 0 atom stereocenters. The summed E-state index contributed by atoms with van der Waals surface area (Å²) in [5.41, 5.74) is 5.13. The average Bonchev–Trinajstić information content (AvgIpc) is 3.33. The standard InChI is InChI=1S/C26H35NO2/c1-19(11-12-22-21(3)10-7-13-25(22,4)5)8-6-9-20(2)16-24(29)27-17-23(28)26(18-27)14-15-26/h6,8-9,11-12,16H,7,10,13-15,17-18H2,1-5H3/b9-6+,12-11+,19-8-,20-16+. The molecule has 0 unspecified atom stereocenters. The van der Waals surface area contributed by atoms with Gasteiger partial charge >= 0.3 is 0 Å². The molecule has 1 spiro atoms. The number of Topliss-reactive ketones (excluding diaryl/α,β-unsaturated/α-hetero) is 1. The van der Waals surface area contributed by atoms with E-state index in [2.05, 4.69) is 45.9 Å². The van der Waals surface area contributed by atoms with E-state index in [1.165, 1.54) is 36.0 Å². The molecule has 0 aromatic heterocycles. The highest BCUT2D eigenvalue weighted by Crippen LogP contribution is 2.50. The van der Waals surface area contributed by atoms with Crippen molar-refractivity contribution in [1.29, 1.82) is 0 Å². The minimum atomic E-state index is -0.180. The molecular formula is C26H35NO2. The summed E-state index contributed by atoms with van der Waals surface area (Å²) in [6, 6.07) is 0. The fraction of sp³-hybridized carbons (Fsp3) is 0.538. The van der Waals surface area contributed by atoms with Crippen LogP contribution in [0.5, 0.6) is 0 Å². The van der Waals surface area contributed by atoms with Crippen LogP contribution in [0.2, 0.25) is 0 Å². The maximum atomic E-state index is 12.4. The van der Waals surface area contributed by atoms with Crippen molar-refractivity contribution in [2.45, 2.75) is 66.7 Å². The van der Waals surface area contributed by atoms with Crippen molar-refractivity contribution in [3.63, 3.8) is 0 Å². The number of rotatable bonds is 5. The van der Waals surface area contributed by atoms with E-state index in [0.717, 1.165) is 18.4 Å². The smallest absolute Gasteiger partial charge is 0.247 e. The number of allylic oxidation sites excluding steroid dienone is 9. The summed E-state index contributed by atoms with van der Waals surface area (Å²) in [6.45, 7) is 11.8. The quantitative estimate of drug-likeness (QED) is 0.443. The number of amides is 1. The number of carbonyl (C=O) groups excluding carboxylic acids is 2. The summed E-state index contributed by atoms with van der Waals surface area (Å²) in [5, 5.41) is 0. The lowest BCUT2D eigenvalue weighted by atomic mass is 9.72. The van der Waals surface area contributed by atoms with Crippen LogP contribution in [0, 0.1) is 10.8 Å². The number of ketones is 1. The fourth-order valence-electron chi connectivity index (χ4n) is 4.56. The van der Waals surface area contributed by atoms with Gasteiger partial charge in [0.15, 0.2) is 5.78 Å². The van der Waals surface area contributed by atoms with Gasteiger partial charge in [0.1, 0.15) is 0 Å². The van der Waals surface area contributed by atoms with Gasteiger partial charge in [-0.25, -0.2) is 0 Å². The zero-order chi connectivity index (χ0) is 21.2. The normalized spacial score (nSPS) is 24.4. The number of carbonyl (C=O) groups is 2. The lowest BCUT2D eigenvalue weighted by Crippen LogP contribution is -2.27. The van der Waals surface area contributed by atoms with Crippen LogP contribution in [0.1, 0.15) is 66.7 Å². The summed E-state index contributed by atoms with van der Waals surface area (Å²) < 4.78 is 0. The van der Waals surface area contributed by atoms with Crippen LogP contribution in [-0.4, -0.2) is 29.7 Å². The number of nitrogens with zero attached hydrogens (tertiary/aromatic N) is 1. The van der Waals surface area contributed by atoms with E-state index in [0.29, 0.717) is 6.54 Å². The van der Waals surface area contributed by atoms with Gasteiger partial charge in [0.2, 0.25) is 5.91 Å². The molecule has 0 aromatic rings. The van der Waals surface area contributed by atoms with Crippen molar-refractivity contribution >= 4 is 11.7 Å². The van der Waals surface area contributed by atoms with Crippen LogP contribution in [0.25, 0.3) is 0 Å². The van der Waals surface area contributed by atoms with Gasteiger partial charge in [-0.05, 0) is 69.4 Å². The van der Waals surface area contributed by atoms with E-state index in [1.807, 2.05) is 19.1 Å². The van der Waals surface area contributed by atoms with E-state index in [4.69, 9.17) is 0 Å². The third-order valence-corrected chi connectivity index (χ3v) is 6.71. The first-order valence-corrected chi connectivity index (χ1v) is 10.9. The van der Waals surface area contributed by atoms with E-state index in [9.17, 15) is 9.59 Å². The van der Waals surface area contributed by atoms with E-state index in [-0.39, 0.29) is 29.1 Å². The van der Waals surface area contributed by atoms with Crippen molar-refractivity contribution < 1.29 is 9.59 Å². The highest BCUT2D eigenvalue weighted by Gasteiger charge is 2.55. The fourth-order valence-corrected chi connectivity index (χ4v) is 4.56. The van der Waals surface area contributed by atoms with Gasteiger partial charge in [0, 0.05) is 18.0 Å². The minimum absolute atomic E-state index is 0.0492. The molecule has 3 rings (SSSR count). The number of likely N-dealkylation sites (tertiary alicyclic amines) is 1. The highest BCUT2D eigenvalue weighted by atomic mass is 16.2. The van der Waals surface area contributed by atoms with Crippen molar-refractivity contribution in [3.05, 3.63) is 58.7 Å². The molecule has 0 aromatic carbocycles. The van der Waals surface area contributed by atoms with Crippen molar-refractivity contribution in [3.8, 4) is 0 Å². The Morgan fingerprint density at radius 2 is 1.79 bits per heavy atom. The molecule has 156 valence electrons.